The van der Waals surface area contributed by atoms with Crippen molar-refractivity contribution in [1.82, 2.24) is 9.38 Å². The van der Waals surface area contributed by atoms with E-state index < -0.39 is 0 Å². The summed E-state index contributed by atoms with van der Waals surface area (Å²) in [6, 6.07) is 6.00. The molecule has 0 aliphatic heterocycles. The third kappa shape index (κ3) is 1.81. The summed E-state index contributed by atoms with van der Waals surface area (Å²) in [4.78, 5) is 4.54. The van der Waals surface area contributed by atoms with Gasteiger partial charge >= 0.3 is 0 Å². The first-order chi connectivity index (χ1) is 7.65. The molecule has 2 rings (SSSR count). The van der Waals surface area contributed by atoms with Crippen molar-refractivity contribution in [2.75, 3.05) is 6.54 Å². The number of fused-ring (bicyclic) bond motifs is 1. The van der Waals surface area contributed by atoms with Gasteiger partial charge in [-0.05, 0) is 24.6 Å². The molecule has 0 aliphatic rings. The van der Waals surface area contributed by atoms with E-state index in [1.807, 2.05) is 22.6 Å². The van der Waals surface area contributed by atoms with Crippen molar-refractivity contribution in [2.45, 2.75) is 26.2 Å². The second-order valence-electron chi connectivity index (χ2n) is 4.19. The van der Waals surface area contributed by atoms with Gasteiger partial charge in [-0.2, -0.15) is 0 Å². The van der Waals surface area contributed by atoms with E-state index in [2.05, 4.69) is 18.8 Å². The zero-order valence-corrected chi connectivity index (χ0v) is 10.3. The predicted octanol–water partition coefficient (Wildman–Crippen LogP) is 2.61. The minimum atomic E-state index is 0.332. The lowest BCUT2D eigenvalue weighted by molar-refractivity contribution is 0.831. The van der Waals surface area contributed by atoms with Crippen LogP contribution in [-0.4, -0.2) is 15.9 Å². The highest BCUT2D eigenvalue weighted by Crippen LogP contribution is 2.26. The van der Waals surface area contributed by atoms with Gasteiger partial charge in [-0.3, -0.25) is 4.40 Å². The molecule has 0 radical (unpaired) electrons. The first kappa shape index (κ1) is 11.4. The number of hydrogen-bond donors (Lipinski definition) is 1. The fraction of sp³-hybridized carbons (Fsp3) is 0.417. The van der Waals surface area contributed by atoms with Crippen LogP contribution < -0.4 is 5.73 Å². The van der Waals surface area contributed by atoms with E-state index in [4.69, 9.17) is 17.3 Å². The van der Waals surface area contributed by atoms with Crippen molar-refractivity contribution < 1.29 is 0 Å². The normalized spacial score (nSPS) is 11.6. The van der Waals surface area contributed by atoms with Crippen LogP contribution >= 0.6 is 11.6 Å². The maximum Gasteiger partial charge on any atom is 0.138 e. The fourth-order valence-corrected chi connectivity index (χ4v) is 2.31. The van der Waals surface area contributed by atoms with Crippen LogP contribution in [0.3, 0.4) is 0 Å². The van der Waals surface area contributed by atoms with Crippen LogP contribution in [0.1, 0.15) is 31.2 Å². The molecular weight excluding hydrogens is 222 g/mol. The van der Waals surface area contributed by atoms with Crippen LogP contribution in [-0.2, 0) is 6.42 Å². The Balaban J connectivity index is 2.67. The maximum absolute atomic E-state index is 6.35. The monoisotopic (exact) mass is 237 g/mol. The molecule has 2 aromatic heterocycles. The molecule has 2 heterocycles. The van der Waals surface area contributed by atoms with Gasteiger partial charge in [-0.1, -0.05) is 31.5 Å². The maximum atomic E-state index is 6.35. The van der Waals surface area contributed by atoms with Crippen LogP contribution in [0.25, 0.3) is 5.65 Å². The molecule has 0 atom stereocenters. The quantitative estimate of drug-likeness (QED) is 0.892. The van der Waals surface area contributed by atoms with Crippen LogP contribution in [0.2, 0.25) is 5.15 Å². The Bertz CT molecular complexity index is 502. The molecule has 0 aromatic carbocycles. The molecule has 2 aromatic rings. The number of pyridine rings is 1. The number of halogens is 1. The Hall–Kier alpha value is -1.06. The van der Waals surface area contributed by atoms with Gasteiger partial charge in [0.05, 0.1) is 5.69 Å². The van der Waals surface area contributed by atoms with Crippen LogP contribution in [0.15, 0.2) is 18.2 Å². The molecule has 2 N–H and O–H groups in total. The zero-order chi connectivity index (χ0) is 11.7. The summed E-state index contributed by atoms with van der Waals surface area (Å²) in [5, 5.41) is 0.717. The highest BCUT2D eigenvalue weighted by atomic mass is 35.5. The Labute approximate surface area is 100 Å². The highest BCUT2D eigenvalue weighted by molar-refractivity contribution is 6.30. The van der Waals surface area contributed by atoms with E-state index in [1.165, 1.54) is 0 Å². The Kier molecular flexibility index (Phi) is 3.17. The van der Waals surface area contributed by atoms with Gasteiger partial charge in [-0.15, -0.1) is 0 Å². The SMILES string of the molecule is CC(C)c1nc2cccc(CCN)n2c1Cl. The van der Waals surface area contributed by atoms with E-state index >= 15 is 0 Å². The lowest BCUT2D eigenvalue weighted by atomic mass is 10.1. The predicted molar refractivity (Wildman–Crippen MR) is 67.0 cm³/mol. The van der Waals surface area contributed by atoms with Gasteiger partial charge in [0.2, 0.25) is 0 Å². The van der Waals surface area contributed by atoms with Gasteiger partial charge in [0.1, 0.15) is 10.8 Å². The molecule has 0 unspecified atom stereocenters. The summed E-state index contributed by atoms with van der Waals surface area (Å²) in [6.45, 7) is 4.80. The van der Waals surface area contributed by atoms with Crippen molar-refractivity contribution in [1.29, 1.82) is 0 Å². The molecule has 0 saturated heterocycles. The smallest absolute Gasteiger partial charge is 0.138 e. The second-order valence-corrected chi connectivity index (χ2v) is 4.55. The summed E-state index contributed by atoms with van der Waals surface area (Å²) in [6.07, 6.45) is 0.810. The Morgan fingerprint density at radius 1 is 1.44 bits per heavy atom. The van der Waals surface area contributed by atoms with Crippen molar-refractivity contribution in [2.24, 2.45) is 5.73 Å². The number of nitrogens with zero attached hydrogens (tertiary/aromatic N) is 2. The first-order valence-electron chi connectivity index (χ1n) is 5.51. The molecule has 3 nitrogen and oxygen atoms in total. The highest BCUT2D eigenvalue weighted by Gasteiger charge is 2.14. The number of aromatic nitrogens is 2. The molecule has 4 heteroatoms. The zero-order valence-electron chi connectivity index (χ0n) is 9.57. The van der Waals surface area contributed by atoms with Gasteiger partial charge in [-0.25, -0.2) is 4.98 Å². The van der Waals surface area contributed by atoms with Crippen LogP contribution in [0.4, 0.5) is 0 Å². The van der Waals surface area contributed by atoms with E-state index in [0.717, 1.165) is 23.5 Å². The number of hydrogen-bond acceptors (Lipinski definition) is 2. The molecule has 0 bridgehead atoms. The fourth-order valence-electron chi connectivity index (χ4n) is 1.85. The van der Waals surface area contributed by atoms with E-state index in [0.29, 0.717) is 17.6 Å². The number of rotatable bonds is 3. The van der Waals surface area contributed by atoms with Gasteiger partial charge in [0, 0.05) is 12.1 Å². The van der Waals surface area contributed by atoms with Crippen molar-refractivity contribution in [3.05, 3.63) is 34.7 Å². The van der Waals surface area contributed by atoms with Gasteiger partial charge < -0.3 is 5.73 Å². The van der Waals surface area contributed by atoms with Crippen molar-refractivity contribution >= 4 is 17.2 Å². The second kappa shape index (κ2) is 4.44. The molecule has 0 amide bonds. The molecule has 0 spiro atoms. The summed E-state index contributed by atoms with van der Waals surface area (Å²) in [7, 11) is 0. The van der Waals surface area contributed by atoms with Crippen LogP contribution in [0, 0.1) is 0 Å². The largest absolute Gasteiger partial charge is 0.330 e. The minimum Gasteiger partial charge on any atom is -0.330 e. The van der Waals surface area contributed by atoms with Crippen LogP contribution in [0.5, 0.6) is 0 Å². The molecule has 86 valence electrons. The molecule has 0 aliphatic carbocycles. The summed E-state index contributed by atoms with van der Waals surface area (Å²) in [5.41, 5.74) is 8.56. The minimum absolute atomic E-state index is 0.332. The van der Waals surface area contributed by atoms with E-state index in [9.17, 15) is 0 Å². The molecule has 0 saturated carbocycles. The lowest BCUT2D eigenvalue weighted by Gasteiger charge is -2.05. The average molecular weight is 238 g/mol. The van der Waals surface area contributed by atoms with Gasteiger partial charge in [0.25, 0.3) is 0 Å². The lowest BCUT2D eigenvalue weighted by Crippen LogP contribution is -2.06. The third-order valence-corrected chi connectivity index (χ3v) is 3.00. The topological polar surface area (TPSA) is 43.3 Å². The summed E-state index contributed by atoms with van der Waals surface area (Å²) in [5.74, 6) is 0.332. The van der Waals surface area contributed by atoms with E-state index in [1.54, 1.807) is 0 Å². The molecule has 16 heavy (non-hydrogen) atoms. The van der Waals surface area contributed by atoms with Crippen molar-refractivity contribution in [3.63, 3.8) is 0 Å². The third-order valence-electron chi connectivity index (χ3n) is 2.64. The molecular formula is C12H16ClN3. The van der Waals surface area contributed by atoms with Gasteiger partial charge in [0.15, 0.2) is 0 Å². The first-order valence-corrected chi connectivity index (χ1v) is 5.88. The van der Waals surface area contributed by atoms with E-state index in [-0.39, 0.29) is 0 Å². The number of nitrogens with two attached hydrogens (primary N) is 1. The Morgan fingerprint density at radius 3 is 2.81 bits per heavy atom. The summed E-state index contributed by atoms with van der Waals surface area (Å²) < 4.78 is 1.99. The molecule has 0 fully saturated rings. The number of imidazole rings is 1. The Morgan fingerprint density at radius 2 is 2.19 bits per heavy atom. The summed E-state index contributed by atoms with van der Waals surface area (Å²) >= 11 is 6.35. The standard InChI is InChI=1S/C12H16ClN3/c1-8(2)11-12(13)16-9(6-7-14)4-3-5-10(16)15-11/h3-5,8H,6-7,14H2,1-2H3. The van der Waals surface area contributed by atoms with Crippen molar-refractivity contribution in [3.8, 4) is 0 Å². The average Bonchev–Trinajstić information content (AvgIpc) is 2.58.